The number of halogens is 3. The molecule has 0 aromatic heterocycles. The van der Waals surface area contributed by atoms with Crippen molar-refractivity contribution in [2.45, 2.75) is 6.92 Å². The van der Waals surface area contributed by atoms with E-state index >= 15 is 0 Å². The molecule has 0 fully saturated rings. The fourth-order valence-electron chi connectivity index (χ4n) is 1.09. The molecule has 0 unspecified atom stereocenters. The van der Waals surface area contributed by atoms with Gasteiger partial charge in [0.15, 0.2) is 17.4 Å². The van der Waals surface area contributed by atoms with E-state index in [1.807, 2.05) is 0 Å². The van der Waals surface area contributed by atoms with Crippen LogP contribution in [0.3, 0.4) is 0 Å². The van der Waals surface area contributed by atoms with E-state index in [0.717, 1.165) is 0 Å². The molecule has 4 nitrogen and oxygen atoms in total. The molecule has 0 aliphatic carbocycles. The number of esters is 1. The lowest BCUT2D eigenvalue weighted by Crippen LogP contribution is -2.19. The molecule has 0 bridgehead atoms. The molecule has 92 valence electrons. The van der Waals surface area contributed by atoms with Crippen molar-refractivity contribution in [1.29, 1.82) is 0 Å². The van der Waals surface area contributed by atoms with E-state index in [9.17, 15) is 23.5 Å². The van der Waals surface area contributed by atoms with Crippen LogP contribution in [0.25, 0.3) is 0 Å². The number of phenols is 1. The Morgan fingerprint density at radius 3 is 2.59 bits per heavy atom. The highest BCUT2D eigenvalue weighted by molar-refractivity contribution is 6.42. The molecule has 17 heavy (non-hydrogen) atoms. The van der Waals surface area contributed by atoms with Crippen LogP contribution in [-0.4, -0.2) is 23.5 Å². The Bertz CT molecular complexity index is 461. The van der Waals surface area contributed by atoms with Gasteiger partial charge in [-0.05, 0) is 13.0 Å². The maximum atomic E-state index is 13.4. The molecule has 1 rings (SSSR count). The van der Waals surface area contributed by atoms with Crippen LogP contribution in [0.2, 0.25) is 5.02 Å². The molecular weight excluding hydrogens is 258 g/mol. The van der Waals surface area contributed by atoms with Crippen molar-refractivity contribution in [1.82, 2.24) is 0 Å². The van der Waals surface area contributed by atoms with Crippen LogP contribution in [0.5, 0.6) is 5.75 Å². The van der Waals surface area contributed by atoms with Crippen LogP contribution >= 0.6 is 11.6 Å². The van der Waals surface area contributed by atoms with Crippen LogP contribution in [0.1, 0.15) is 17.3 Å². The summed E-state index contributed by atoms with van der Waals surface area (Å²) in [6.45, 7) is 1.32. The van der Waals surface area contributed by atoms with Crippen molar-refractivity contribution in [3.8, 4) is 5.75 Å². The van der Waals surface area contributed by atoms with Gasteiger partial charge >= 0.3 is 5.97 Å². The summed E-state index contributed by atoms with van der Waals surface area (Å²) in [6.07, 6.45) is 0. The smallest absolute Gasteiger partial charge is 0.379 e. The number of Topliss-reactive ketones (excluding diaryl/α,β-unsaturated/α-hetero) is 1. The normalized spacial score (nSPS) is 10.1. The zero-order chi connectivity index (χ0) is 13.2. The molecule has 0 saturated carbocycles. The Hall–Kier alpha value is -1.69. The Morgan fingerprint density at radius 1 is 1.47 bits per heavy atom. The molecule has 1 N–H and O–H groups in total. The van der Waals surface area contributed by atoms with Crippen LogP contribution in [-0.2, 0) is 9.53 Å². The molecule has 7 heteroatoms. The summed E-state index contributed by atoms with van der Waals surface area (Å²) in [4.78, 5) is 22.4. The number of hydrogen-bond acceptors (Lipinski definition) is 4. The summed E-state index contributed by atoms with van der Waals surface area (Å²) < 4.78 is 30.7. The Labute approximate surface area is 99.8 Å². The van der Waals surface area contributed by atoms with Gasteiger partial charge in [0.05, 0.1) is 11.6 Å². The second kappa shape index (κ2) is 5.09. The molecule has 0 heterocycles. The van der Waals surface area contributed by atoms with Crippen molar-refractivity contribution in [3.63, 3.8) is 0 Å². The molecule has 0 aliphatic rings. The SMILES string of the molecule is CCOC(=O)C(=O)c1c(O)c(F)cc(Cl)c1F. The third-order valence-corrected chi connectivity index (χ3v) is 2.11. The number of carbonyl (C=O) groups excluding carboxylic acids is 2. The predicted molar refractivity (Wildman–Crippen MR) is 54.0 cm³/mol. The van der Waals surface area contributed by atoms with E-state index < -0.39 is 39.7 Å². The number of hydrogen-bond donors (Lipinski definition) is 1. The van der Waals surface area contributed by atoms with E-state index in [2.05, 4.69) is 4.74 Å². The average molecular weight is 265 g/mol. The largest absolute Gasteiger partial charge is 0.504 e. The number of benzene rings is 1. The first-order valence-corrected chi connectivity index (χ1v) is 4.85. The first-order valence-electron chi connectivity index (χ1n) is 4.48. The fourth-order valence-corrected chi connectivity index (χ4v) is 1.28. The fraction of sp³-hybridized carbons (Fsp3) is 0.200. The standard InChI is InChI=1S/C10H7ClF2O4/c1-2-17-10(16)9(15)6-7(13)4(11)3-5(12)8(6)14/h3,14H,2H2,1H3. The molecule has 1 aromatic carbocycles. The van der Waals surface area contributed by atoms with Crippen LogP contribution in [0.4, 0.5) is 8.78 Å². The Kier molecular flexibility index (Phi) is 4.01. The first kappa shape index (κ1) is 13.4. The van der Waals surface area contributed by atoms with E-state index in [0.29, 0.717) is 6.07 Å². The van der Waals surface area contributed by atoms with Gasteiger partial charge in [0.1, 0.15) is 5.56 Å². The molecule has 0 amide bonds. The number of carbonyl (C=O) groups is 2. The summed E-state index contributed by atoms with van der Waals surface area (Å²) in [5.74, 6) is -6.84. The average Bonchev–Trinajstić information content (AvgIpc) is 2.27. The number of rotatable bonds is 3. The van der Waals surface area contributed by atoms with Gasteiger partial charge in [0.25, 0.3) is 5.78 Å². The Morgan fingerprint density at radius 2 is 2.06 bits per heavy atom. The molecular formula is C10H7ClF2O4. The third-order valence-electron chi connectivity index (χ3n) is 1.83. The Balaban J connectivity index is 3.31. The lowest BCUT2D eigenvalue weighted by molar-refractivity contribution is -0.137. The van der Waals surface area contributed by atoms with Gasteiger partial charge in [-0.2, -0.15) is 0 Å². The van der Waals surface area contributed by atoms with E-state index in [1.54, 1.807) is 0 Å². The van der Waals surface area contributed by atoms with Gasteiger partial charge in [0.2, 0.25) is 0 Å². The molecule has 1 aromatic rings. The van der Waals surface area contributed by atoms with E-state index in [-0.39, 0.29) is 6.61 Å². The van der Waals surface area contributed by atoms with Crippen molar-refractivity contribution < 1.29 is 28.2 Å². The number of ether oxygens (including phenoxy) is 1. The monoisotopic (exact) mass is 264 g/mol. The summed E-state index contributed by atoms with van der Waals surface area (Å²) >= 11 is 5.29. The maximum Gasteiger partial charge on any atom is 0.379 e. The zero-order valence-electron chi connectivity index (χ0n) is 8.59. The molecule has 0 radical (unpaired) electrons. The highest BCUT2D eigenvalue weighted by atomic mass is 35.5. The van der Waals surface area contributed by atoms with Crippen LogP contribution in [0, 0.1) is 11.6 Å². The third kappa shape index (κ3) is 2.52. The zero-order valence-corrected chi connectivity index (χ0v) is 9.35. The molecule has 0 aliphatic heterocycles. The molecule has 0 atom stereocenters. The summed E-state index contributed by atoms with van der Waals surface area (Å²) in [5.41, 5.74) is -1.13. The van der Waals surface area contributed by atoms with Crippen molar-refractivity contribution in [3.05, 3.63) is 28.3 Å². The lowest BCUT2D eigenvalue weighted by Gasteiger charge is -2.06. The van der Waals surface area contributed by atoms with Gasteiger partial charge in [-0.1, -0.05) is 11.6 Å². The highest BCUT2D eigenvalue weighted by Crippen LogP contribution is 2.30. The predicted octanol–water partition coefficient (Wildman–Crippen LogP) is 2.07. The van der Waals surface area contributed by atoms with Gasteiger partial charge in [-0.15, -0.1) is 0 Å². The number of aromatic hydroxyl groups is 1. The summed E-state index contributed by atoms with van der Waals surface area (Å²) in [6, 6.07) is 0.494. The molecule has 0 saturated heterocycles. The quantitative estimate of drug-likeness (QED) is 0.393. The van der Waals surface area contributed by atoms with Crippen molar-refractivity contribution in [2.75, 3.05) is 6.61 Å². The summed E-state index contributed by atoms with van der Waals surface area (Å²) in [7, 11) is 0. The highest BCUT2D eigenvalue weighted by Gasteiger charge is 2.28. The number of phenolic OH excluding ortho intramolecular Hbond substituents is 1. The number of ketones is 1. The van der Waals surface area contributed by atoms with Crippen LogP contribution in [0.15, 0.2) is 6.07 Å². The second-order valence-corrected chi connectivity index (χ2v) is 3.33. The van der Waals surface area contributed by atoms with Crippen molar-refractivity contribution in [2.24, 2.45) is 0 Å². The van der Waals surface area contributed by atoms with Gasteiger partial charge in [-0.25, -0.2) is 13.6 Å². The van der Waals surface area contributed by atoms with Crippen LogP contribution < -0.4 is 0 Å². The summed E-state index contributed by atoms with van der Waals surface area (Å²) in [5, 5.41) is 8.47. The first-order chi connectivity index (χ1) is 7.90. The minimum Gasteiger partial charge on any atom is -0.504 e. The van der Waals surface area contributed by atoms with Gasteiger partial charge < -0.3 is 9.84 Å². The second-order valence-electron chi connectivity index (χ2n) is 2.93. The maximum absolute atomic E-state index is 13.4. The minimum atomic E-state index is -1.50. The van der Waals surface area contributed by atoms with Gasteiger partial charge in [0, 0.05) is 0 Å². The minimum absolute atomic E-state index is 0.115. The van der Waals surface area contributed by atoms with E-state index in [1.165, 1.54) is 6.92 Å². The van der Waals surface area contributed by atoms with Gasteiger partial charge in [-0.3, -0.25) is 4.79 Å². The van der Waals surface area contributed by atoms with E-state index in [4.69, 9.17) is 11.6 Å². The van der Waals surface area contributed by atoms with Crippen molar-refractivity contribution >= 4 is 23.4 Å². The molecule has 0 spiro atoms. The lowest BCUT2D eigenvalue weighted by atomic mass is 10.1. The topological polar surface area (TPSA) is 63.6 Å².